The van der Waals surface area contributed by atoms with Gasteiger partial charge in [-0.25, -0.2) is 0 Å². The van der Waals surface area contributed by atoms with Gasteiger partial charge in [0.05, 0.1) is 30.5 Å². The van der Waals surface area contributed by atoms with E-state index in [1.165, 1.54) is 10.4 Å². The molecule has 0 spiro atoms. The minimum absolute atomic E-state index is 0.0396. The molecule has 2 aromatic rings. The van der Waals surface area contributed by atoms with Crippen LogP contribution in [-0.4, -0.2) is 49.5 Å². The summed E-state index contributed by atoms with van der Waals surface area (Å²) >= 11 is 0. The Bertz CT molecular complexity index is 929. The molecule has 5 heteroatoms. The molecule has 2 aromatic carbocycles. The van der Waals surface area contributed by atoms with Crippen molar-refractivity contribution >= 4 is 18.7 Å². The zero-order chi connectivity index (χ0) is 24.6. The fourth-order valence-electron chi connectivity index (χ4n) is 5.40. The van der Waals surface area contributed by atoms with Gasteiger partial charge in [0.1, 0.15) is 5.60 Å². The first kappa shape index (κ1) is 25.3. The van der Waals surface area contributed by atoms with Crippen molar-refractivity contribution < 1.29 is 19.0 Å². The van der Waals surface area contributed by atoms with Gasteiger partial charge in [0.25, 0.3) is 8.32 Å². The maximum absolute atomic E-state index is 11.0. The van der Waals surface area contributed by atoms with E-state index >= 15 is 0 Å². The Labute approximate surface area is 206 Å². The summed E-state index contributed by atoms with van der Waals surface area (Å²) in [7, 11) is -2.62. The van der Waals surface area contributed by atoms with Crippen LogP contribution in [0.5, 0.6) is 0 Å². The highest BCUT2D eigenvalue weighted by Gasteiger charge is 2.54. The molecule has 0 saturated carbocycles. The number of epoxide rings is 1. The van der Waals surface area contributed by atoms with Crippen LogP contribution in [0, 0.1) is 0 Å². The van der Waals surface area contributed by atoms with E-state index in [9.17, 15) is 5.11 Å². The van der Waals surface area contributed by atoms with E-state index in [2.05, 4.69) is 88.0 Å². The highest BCUT2D eigenvalue weighted by Crippen LogP contribution is 2.44. The summed E-state index contributed by atoms with van der Waals surface area (Å²) in [6.07, 6.45) is 3.64. The number of hydrogen-bond donors (Lipinski definition) is 1. The number of hydrogen-bond acceptors (Lipinski definition) is 4. The van der Waals surface area contributed by atoms with Crippen LogP contribution in [0.1, 0.15) is 53.9 Å². The molecule has 34 heavy (non-hydrogen) atoms. The molecule has 0 aliphatic carbocycles. The SMILES string of the molecule is C=C[C@@]1(C)O[C@@H]1C[C@@H]1O[C@H](CO[Si](c2ccccc2)(c2ccccc2)C(C)(C)C)CC[C@@]1(C)O. The van der Waals surface area contributed by atoms with Crippen LogP contribution in [0.3, 0.4) is 0 Å². The largest absolute Gasteiger partial charge is 0.405 e. The van der Waals surface area contributed by atoms with Crippen molar-refractivity contribution in [2.75, 3.05) is 6.61 Å². The normalized spacial score (nSPS) is 31.8. The van der Waals surface area contributed by atoms with Gasteiger partial charge in [0.15, 0.2) is 0 Å². The summed E-state index contributed by atoms with van der Waals surface area (Å²) in [6, 6.07) is 21.4. The molecule has 184 valence electrons. The number of aliphatic hydroxyl groups is 1. The molecule has 2 saturated heterocycles. The predicted molar refractivity (Wildman–Crippen MR) is 140 cm³/mol. The van der Waals surface area contributed by atoms with Crippen molar-refractivity contribution in [2.24, 2.45) is 0 Å². The Balaban J connectivity index is 1.58. The average molecular weight is 481 g/mol. The van der Waals surface area contributed by atoms with Gasteiger partial charge >= 0.3 is 0 Å². The molecule has 0 bridgehead atoms. The first-order valence-corrected chi connectivity index (χ1v) is 14.4. The maximum atomic E-state index is 11.0. The van der Waals surface area contributed by atoms with Gasteiger partial charge in [-0.15, -0.1) is 6.58 Å². The van der Waals surface area contributed by atoms with E-state index in [1.54, 1.807) is 0 Å². The van der Waals surface area contributed by atoms with Crippen LogP contribution in [-0.2, 0) is 13.9 Å². The summed E-state index contributed by atoms with van der Waals surface area (Å²) in [5, 5.41) is 13.5. The summed E-state index contributed by atoms with van der Waals surface area (Å²) in [5.41, 5.74) is -1.18. The lowest BCUT2D eigenvalue weighted by Gasteiger charge is -2.45. The van der Waals surface area contributed by atoms with Gasteiger partial charge in [0.2, 0.25) is 0 Å². The van der Waals surface area contributed by atoms with E-state index in [1.807, 2.05) is 19.9 Å². The zero-order valence-electron chi connectivity index (χ0n) is 21.3. The molecule has 0 radical (unpaired) electrons. The zero-order valence-corrected chi connectivity index (χ0v) is 22.3. The third-order valence-corrected chi connectivity index (χ3v) is 12.7. The summed E-state index contributed by atoms with van der Waals surface area (Å²) in [5.74, 6) is 0. The summed E-state index contributed by atoms with van der Waals surface area (Å²) in [6.45, 7) is 15.2. The summed E-state index contributed by atoms with van der Waals surface area (Å²) in [4.78, 5) is 0. The predicted octanol–water partition coefficient (Wildman–Crippen LogP) is 4.60. The fraction of sp³-hybridized carbons (Fsp3) is 0.517. The van der Waals surface area contributed by atoms with Crippen molar-refractivity contribution in [3.63, 3.8) is 0 Å². The van der Waals surface area contributed by atoms with Crippen LogP contribution in [0.4, 0.5) is 0 Å². The molecule has 2 heterocycles. The smallest absolute Gasteiger partial charge is 0.261 e. The highest BCUT2D eigenvalue weighted by atomic mass is 28.4. The van der Waals surface area contributed by atoms with E-state index in [4.69, 9.17) is 13.9 Å². The Hall–Kier alpha value is -1.76. The minimum atomic E-state index is -2.62. The van der Waals surface area contributed by atoms with Gasteiger partial charge < -0.3 is 19.0 Å². The Morgan fingerprint density at radius 1 is 1.03 bits per heavy atom. The standard InChI is InChI=1S/C29H40O4Si/c1-7-29(6)26(33-29)20-25-28(5,30)19-18-22(32-25)21-31-34(27(2,3)4,23-14-10-8-11-15-23)24-16-12-9-13-17-24/h7-17,22,25-26,30H,1,18-21H2,2-6H3/t22-,25-,26+,28+,29+/m0/s1. The van der Waals surface area contributed by atoms with Crippen molar-refractivity contribution in [1.29, 1.82) is 0 Å². The lowest BCUT2D eigenvalue weighted by atomic mass is 9.85. The monoisotopic (exact) mass is 480 g/mol. The second-order valence-electron chi connectivity index (χ2n) is 11.3. The molecule has 2 aliphatic heterocycles. The van der Waals surface area contributed by atoms with Crippen LogP contribution in [0.2, 0.25) is 5.04 Å². The Morgan fingerprint density at radius 2 is 1.59 bits per heavy atom. The van der Waals surface area contributed by atoms with Gasteiger partial charge in [-0.1, -0.05) is 87.5 Å². The molecule has 0 amide bonds. The van der Waals surface area contributed by atoms with E-state index in [0.717, 1.165) is 6.42 Å². The second kappa shape index (κ2) is 9.36. The van der Waals surface area contributed by atoms with E-state index in [0.29, 0.717) is 19.4 Å². The average Bonchev–Trinajstić information content (AvgIpc) is 3.46. The van der Waals surface area contributed by atoms with Crippen LogP contribution in [0.15, 0.2) is 73.3 Å². The lowest BCUT2D eigenvalue weighted by Crippen LogP contribution is -2.67. The van der Waals surface area contributed by atoms with Gasteiger partial charge in [0, 0.05) is 6.42 Å². The maximum Gasteiger partial charge on any atom is 0.261 e. The molecule has 0 aromatic heterocycles. The van der Waals surface area contributed by atoms with Gasteiger partial charge in [-0.3, -0.25) is 0 Å². The Morgan fingerprint density at radius 3 is 2.06 bits per heavy atom. The molecule has 1 N–H and O–H groups in total. The quantitative estimate of drug-likeness (QED) is 0.341. The molecule has 0 unspecified atom stereocenters. The van der Waals surface area contributed by atoms with Crippen molar-refractivity contribution in [3.05, 3.63) is 73.3 Å². The van der Waals surface area contributed by atoms with Crippen LogP contribution >= 0.6 is 0 Å². The third-order valence-electron chi connectivity index (χ3n) is 7.74. The molecule has 2 fully saturated rings. The first-order chi connectivity index (χ1) is 16.0. The molecule has 2 aliphatic rings. The lowest BCUT2D eigenvalue weighted by molar-refractivity contribution is -0.177. The van der Waals surface area contributed by atoms with Crippen molar-refractivity contribution in [3.8, 4) is 0 Å². The number of rotatable bonds is 8. The molecule has 5 atom stereocenters. The van der Waals surface area contributed by atoms with Crippen molar-refractivity contribution in [1.82, 2.24) is 0 Å². The number of ether oxygens (including phenoxy) is 2. The van der Waals surface area contributed by atoms with Crippen LogP contribution < -0.4 is 10.4 Å². The van der Waals surface area contributed by atoms with E-state index in [-0.39, 0.29) is 29.0 Å². The van der Waals surface area contributed by atoms with Gasteiger partial charge in [-0.2, -0.15) is 0 Å². The fourth-order valence-corrected chi connectivity index (χ4v) is 9.99. The number of benzene rings is 2. The molecule has 4 rings (SSSR count). The third kappa shape index (κ3) is 4.82. The minimum Gasteiger partial charge on any atom is -0.405 e. The van der Waals surface area contributed by atoms with Crippen molar-refractivity contribution in [2.45, 2.75) is 88.4 Å². The Kier molecular flexibility index (Phi) is 6.97. The topological polar surface area (TPSA) is 51.2 Å². The van der Waals surface area contributed by atoms with Crippen LogP contribution in [0.25, 0.3) is 0 Å². The van der Waals surface area contributed by atoms with Gasteiger partial charge in [-0.05, 0) is 42.1 Å². The summed E-state index contributed by atoms with van der Waals surface area (Å²) < 4.78 is 19.4. The second-order valence-corrected chi connectivity index (χ2v) is 15.7. The van der Waals surface area contributed by atoms with E-state index < -0.39 is 13.9 Å². The highest BCUT2D eigenvalue weighted by molar-refractivity contribution is 6.99. The molecular weight excluding hydrogens is 440 g/mol. The molecule has 4 nitrogen and oxygen atoms in total. The first-order valence-electron chi connectivity index (χ1n) is 12.5. The molecular formula is C29H40O4Si.